The SMILES string of the molecule is COCCN(Cc1ccc(C)o1)Cc1ccc(C(=O)OC)o1. The van der Waals surface area contributed by atoms with E-state index in [1.54, 1.807) is 19.2 Å². The number of hydrogen-bond acceptors (Lipinski definition) is 6. The maximum atomic E-state index is 11.4. The second kappa shape index (κ2) is 7.82. The zero-order chi connectivity index (χ0) is 15.9. The van der Waals surface area contributed by atoms with Crippen molar-refractivity contribution < 1.29 is 23.1 Å². The molecule has 0 aliphatic rings. The van der Waals surface area contributed by atoms with Gasteiger partial charge in [0.05, 0.1) is 26.8 Å². The third-order valence-corrected chi connectivity index (χ3v) is 3.21. The van der Waals surface area contributed by atoms with Gasteiger partial charge in [-0.1, -0.05) is 0 Å². The third-order valence-electron chi connectivity index (χ3n) is 3.21. The first-order valence-corrected chi connectivity index (χ1v) is 7.06. The molecule has 2 aromatic rings. The van der Waals surface area contributed by atoms with Crippen LogP contribution in [0.15, 0.2) is 33.1 Å². The van der Waals surface area contributed by atoms with Gasteiger partial charge in [-0.3, -0.25) is 4.90 Å². The molecule has 0 unspecified atom stereocenters. The highest BCUT2D eigenvalue weighted by molar-refractivity contribution is 5.86. The van der Waals surface area contributed by atoms with Crippen molar-refractivity contribution >= 4 is 5.97 Å². The van der Waals surface area contributed by atoms with E-state index in [-0.39, 0.29) is 5.76 Å². The molecule has 6 nitrogen and oxygen atoms in total. The van der Waals surface area contributed by atoms with Gasteiger partial charge in [0.15, 0.2) is 0 Å². The average Bonchev–Trinajstić information content (AvgIpc) is 3.13. The number of rotatable bonds is 8. The predicted molar refractivity (Wildman–Crippen MR) is 79.5 cm³/mol. The molecule has 0 fully saturated rings. The lowest BCUT2D eigenvalue weighted by Gasteiger charge is -2.19. The lowest BCUT2D eigenvalue weighted by molar-refractivity contribution is 0.0559. The van der Waals surface area contributed by atoms with Crippen LogP contribution >= 0.6 is 0 Å². The van der Waals surface area contributed by atoms with Crippen LogP contribution in [0, 0.1) is 6.92 Å². The van der Waals surface area contributed by atoms with Crippen LogP contribution in [0.4, 0.5) is 0 Å². The van der Waals surface area contributed by atoms with Gasteiger partial charge in [0, 0.05) is 13.7 Å². The van der Waals surface area contributed by atoms with Crippen LogP contribution < -0.4 is 0 Å². The van der Waals surface area contributed by atoms with Crippen molar-refractivity contribution in [1.29, 1.82) is 0 Å². The van der Waals surface area contributed by atoms with Crippen LogP contribution in [0.2, 0.25) is 0 Å². The van der Waals surface area contributed by atoms with Crippen LogP contribution in [0.25, 0.3) is 0 Å². The molecule has 0 atom stereocenters. The molecule has 0 N–H and O–H groups in total. The van der Waals surface area contributed by atoms with Crippen molar-refractivity contribution in [1.82, 2.24) is 4.90 Å². The van der Waals surface area contributed by atoms with Crippen molar-refractivity contribution in [3.05, 3.63) is 47.3 Å². The van der Waals surface area contributed by atoms with Crippen molar-refractivity contribution in [3.8, 4) is 0 Å². The fourth-order valence-electron chi connectivity index (χ4n) is 2.12. The molecule has 0 aliphatic heterocycles. The highest BCUT2D eigenvalue weighted by Gasteiger charge is 2.15. The summed E-state index contributed by atoms with van der Waals surface area (Å²) in [4.78, 5) is 13.5. The molecule has 0 aliphatic carbocycles. The minimum atomic E-state index is -0.476. The summed E-state index contributed by atoms with van der Waals surface area (Å²) in [5, 5.41) is 0. The first-order chi connectivity index (χ1) is 10.6. The van der Waals surface area contributed by atoms with E-state index in [0.717, 1.165) is 18.1 Å². The molecule has 0 saturated heterocycles. The minimum absolute atomic E-state index is 0.207. The second-order valence-electron chi connectivity index (χ2n) is 4.97. The summed E-state index contributed by atoms with van der Waals surface area (Å²) < 4.78 is 20.9. The third kappa shape index (κ3) is 4.47. The highest BCUT2D eigenvalue weighted by atomic mass is 16.5. The van der Waals surface area contributed by atoms with Gasteiger partial charge in [0.25, 0.3) is 0 Å². The maximum Gasteiger partial charge on any atom is 0.373 e. The summed E-state index contributed by atoms with van der Waals surface area (Å²) in [6.07, 6.45) is 0. The molecule has 0 amide bonds. The molecule has 0 radical (unpaired) electrons. The van der Waals surface area contributed by atoms with E-state index in [0.29, 0.717) is 25.5 Å². The lowest BCUT2D eigenvalue weighted by atomic mass is 10.3. The zero-order valence-corrected chi connectivity index (χ0v) is 13.1. The second-order valence-corrected chi connectivity index (χ2v) is 4.97. The first-order valence-electron chi connectivity index (χ1n) is 7.06. The molecule has 0 aromatic carbocycles. The van der Waals surface area contributed by atoms with E-state index in [1.807, 2.05) is 19.1 Å². The molecule has 6 heteroatoms. The van der Waals surface area contributed by atoms with E-state index >= 15 is 0 Å². The molecule has 0 spiro atoms. The quantitative estimate of drug-likeness (QED) is 0.699. The van der Waals surface area contributed by atoms with Crippen molar-refractivity contribution in [2.75, 3.05) is 27.4 Å². The number of methoxy groups -OCH3 is 2. The molecular formula is C16H21NO5. The van der Waals surface area contributed by atoms with Gasteiger partial charge >= 0.3 is 5.97 Å². The molecule has 0 saturated carbocycles. The monoisotopic (exact) mass is 307 g/mol. The molecular weight excluding hydrogens is 286 g/mol. The summed E-state index contributed by atoms with van der Waals surface area (Å²) in [6, 6.07) is 7.29. The maximum absolute atomic E-state index is 11.4. The number of hydrogen-bond donors (Lipinski definition) is 0. The van der Waals surface area contributed by atoms with E-state index in [4.69, 9.17) is 13.6 Å². The highest BCUT2D eigenvalue weighted by Crippen LogP contribution is 2.15. The largest absolute Gasteiger partial charge is 0.465 e. The Morgan fingerprint density at radius 3 is 2.36 bits per heavy atom. The van der Waals surface area contributed by atoms with E-state index < -0.39 is 5.97 Å². The molecule has 120 valence electrons. The number of nitrogens with zero attached hydrogens (tertiary/aromatic N) is 1. The Bertz CT molecular complexity index is 601. The van der Waals surface area contributed by atoms with Crippen LogP contribution in [-0.2, 0) is 22.6 Å². The topological polar surface area (TPSA) is 65.0 Å². The first kappa shape index (κ1) is 16.3. The van der Waals surface area contributed by atoms with Gasteiger partial charge < -0.3 is 18.3 Å². The Morgan fingerprint density at radius 2 is 1.77 bits per heavy atom. The fraction of sp³-hybridized carbons (Fsp3) is 0.438. The number of carbonyl (C=O) groups excluding carboxylic acids is 1. The summed E-state index contributed by atoms with van der Waals surface area (Å²) in [5.74, 6) is 2.19. The normalized spacial score (nSPS) is 11.1. The van der Waals surface area contributed by atoms with Crippen LogP contribution in [0.1, 0.15) is 27.8 Å². The summed E-state index contributed by atoms with van der Waals surface area (Å²) in [6.45, 7) is 4.44. The van der Waals surface area contributed by atoms with Crippen molar-refractivity contribution in [2.45, 2.75) is 20.0 Å². The predicted octanol–water partition coefficient (Wildman–Crippen LogP) is 2.62. The molecule has 0 bridgehead atoms. The van der Waals surface area contributed by atoms with Crippen LogP contribution in [-0.4, -0.2) is 38.2 Å². The summed E-state index contributed by atoms with van der Waals surface area (Å²) in [5.41, 5.74) is 0. The molecule has 2 heterocycles. The van der Waals surface area contributed by atoms with Gasteiger partial charge in [-0.05, 0) is 31.2 Å². The van der Waals surface area contributed by atoms with Gasteiger partial charge in [-0.2, -0.15) is 0 Å². The number of ether oxygens (including phenoxy) is 2. The van der Waals surface area contributed by atoms with E-state index in [2.05, 4.69) is 9.64 Å². The standard InChI is InChI=1S/C16H21NO5/c1-12-4-5-13(21-12)10-17(8-9-19-2)11-14-6-7-15(22-14)16(18)20-3/h4-7H,8-11H2,1-3H3. The lowest BCUT2D eigenvalue weighted by Crippen LogP contribution is -2.26. The number of aryl methyl sites for hydroxylation is 1. The number of esters is 1. The Balaban J connectivity index is 2.02. The average molecular weight is 307 g/mol. The van der Waals surface area contributed by atoms with Crippen molar-refractivity contribution in [3.63, 3.8) is 0 Å². The molecule has 2 aromatic heterocycles. The number of carbonyl (C=O) groups is 1. The zero-order valence-electron chi connectivity index (χ0n) is 13.1. The fourth-order valence-corrected chi connectivity index (χ4v) is 2.12. The smallest absolute Gasteiger partial charge is 0.373 e. The van der Waals surface area contributed by atoms with Crippen molar-refractivity contribution in [2.24, 2.45) is 0 Å². The Labute approximate surface area is 129 Å². The van der Waals surface area contributed by atoms with Gasteiger partial charge in [-0.25, -0.2) is 4.79 Å². The number of furan rings is 2. The van der Waals surface area contributed by atoms with E-state index in [9.17, 15) is 4.79 Å². The van der Waals surface area contributed by atoms with Gasteiger partial charge in [-0.15, -0.1) is 0 Å². The van der Waals surface area contributed by atoms with Crippen LogP contribution in [0.5, 0.6) is 0 Å². The Hall–Kier alpha value is -2.05. The summed E-state index contributed by atoms with van der Waals surface area (Å²) in [7, 11) is 2.99. The molecule has 22 heavy (non-hydrogen) atoms. The van der Waals surface area contributed by atoms with Gasteiger partial charge in [0.2, 0.25) is 5.76 Å². The minimum Gasteiger partial charge on any atom is -0.465 e. The van der Waals surface area contributed by atoms with Crippen LogP contribution in [0.3, 0.4) is 0 Å². The van der Waals surface area contributed by atoms with Gasteiger partial charge in [0.1, 0.15) is 17.3 Å². The Morgan fingerprint density at radius 1 is 1.09 bits per heavy atom. The molecule has 2 rings (SSSR count). The van der Waals surface area contributed by atoms with E-state index in [1.165, 1.54) is 7.11 Å². The Kier molecular flexibility index (Phi) is 5.80. The summed E-state index contributed by atoms with van der Waals surface area (Å²) >= 11 is 0.